The fraction of sp³-hybridized carbons (Fsp3) is 0. The lowest BCUT2D eigenvalue weighted by atomic mass is 9.45. The Kier molecular flexibility index (Phi) is 3.80. The third kappa shape index (κ3) is 2.39. The zero-order valence-corrected chi connectivity index (χ0v) is 25.8. The molecule has 0 fully saturated rings. The lowest BCUT2D eigenvalue weighted by Gasteiger charge is -2.34. The van der Waals surface area contributed by atoms with E-state index >= 15 is 0 Å². The van der Waals surface area contributed by atoms with E-state index in [1.54, 1.807) is 0 Å². The summed E-state index contributed by atoms with van der Waals surface area (Å²) in [5, 5.41) is 7.67. The van der Waals surface area contributed by atoms with Gasteiger partial charge in [0.25, 0.3) is 0 Å². The highest BCUT2D eigenvalue weighted by Gasteiger charge is 2.43. The second-order valence-electron chi connectivity index (χ2n) is 12.8. The van der Waals surface area contributed by atoms with Crippen LogP contribution in [0.3, 0.4) is 0 Å². The van der Waals surface area contributed by atoms with Crippen LogP contribution in [0.5, 0.6) is 0 Å². The van der Waals surface area contributed by atoms with Crippen LogP contribution in [0, 0.1) is 0 Å². The largest absolute Gasteiger partial charge is 0.455 e. The molecule has 6 aromatic carbocycles. The van der Waals surface area contributed by atoms with Gasteiger partial charge in [0.1, 0.15) is 11.2 Å². The molecule has 0 atom stereocenters. The summed E-state index contributed by atoms with van der Waals surface area (Å²) >= 11 is 3.84. The zero-order valence-electron chi connectivity index (χ0n) is 24.2. The van der Waals surface area contributed by atoms with E-state index in [1.807, 2.05) is 22.7 Å². The molecule has 0 radical (unpaired) electrons. The van der Waals surface area contributed by atoms with Crippen molar-refractivity contribution >= 4 is 125 Å². The molecule has 2 aliphatic heterocycles. The Morgan fingerprint density at radius 2 is 1.20 bits per heavy atom. The first-order valence-corrected chi connectivity index (χ1v) is 17.4. The summed E-state index contributed by atoms with van der Waals surface area (Å²) in [6, 6.07) is 42.7. The van der Waals surface area contributed by atoms with Gasteiger partial charge in [-0.25, -0.2) is 0 Å². The van der Waals surface area contributed by atoms with Crippen molar-refractivity contribution in [2.24, 2.45) is 0 Å². The number of hydrogen-bond donors (Lipinski definition) is 0. The summed E-state index contributed by atoms with van der Waals surface area (Å²) in [4.78, 5) is 0. The van der Waals surface area contributed by atoms with Crippen molar-refractivity contribution in [1.82, 2.24) is 9.05 Å². The summed E-state index contributed by atoms with van der Waals surface area (Å²) < 4.78 is 17.6. The van der Waals surface area contributed by atoms with Gasteiger partial charge in [0, 0.05) is 64.0 Å². The van der Waals surface area contributed by atoms with E-state index in [0.717, 1.165) is 11.2 Å². The molecular weight excluding hydrogens is 599 g/mol. The maximum absolute atomic E-state index is 6.87. The minimum atomic E-state index is 0.0157. The normalized spacial score (nSPS) is 13.6. The van der Waals surface area contributed by atoms with Crippen molar-refractivity contribution < 1.29 is 4.42 Å². The highest BCUT2D eigenvalue weighted by atomic mass is 32.1. The molecule has 46 heavy (non-hydrogen) atoms. The number of rotatable bonds is 0. The second kappa shape index (κ2) is 7.56. The van der Waals surface area contributed by atoms with Crippen LogP contribution in [-0.2, 0) is 0 Å². The van der Waals surface area contributed by atoms with E-state index in [1.165, 1.54) is 101 Å². The molecule has 7 heterocycles. The van der Waals surface area contributed by atoms with Gasteiger partial charge in [0.05, 0.1) is 25.9 Å². The van der Waals surface area contributed by atoms with Crippen LogP contribution in [0.1, 0.15) is 0 Å². The lowest BCUT2D eigenvalue weighted by molar-refractivity contribution is 0.670. The third-order valence-corrected chi connectivity index (χ3v) is 13.1. The van der Waals surface area contributed by atoms with E-state index in [2.05, 4.69) is 124 Å². The van der Waals surface area contributed by atoms with Crippen LogP contribution >= 0.6 is 22.7 Å². The minimum Gasteiger partial charge on any atom is -0.455 e. The second-order valence-corrected chi connectivity index (χ2v) is 14.9. The standard InChI is InChI=1S/C40H19BN2OS2/c1-4-16-29-20(9-1)26-19-28-33-32(38(26)44-29)23-12-7-13-24-34(23)43(37-22-11-3-6-18-31(22)46-40(24)37)41(33)27-15-8-14-25-35(27)42(28)36-21-10-2-5-17-30(21)45-39(25)36/h1-19H. The monoisotopic (exact) mass is 618 g/mol. The van der Waals surface area contributed by atoms with Crippen molar-refractivity contribution in [3.63, 3.8) is 0 Å². The number of furan rings is 1. The maximum Gasteiger partial charge on any atom is 0.333 e. The number of aromatic nitrogens is 2. The number of hydrogen-bond acceptors (Lipinski definition) is 3. The van der Waals surface area contributed by atoms with Gasteiger partial charge in [-0.1, -0.05) is 91.0 Å². The van der Waals surface area contributed by atoms with Gasteiger partial charge >= 0.3 is 6.85 Å². The van der Waals surface area contributed by atoms with Gasteiger partial charge in [0.15, 0.2) is 0 Å². The summed E-state index contributed by atoms with van der Waals surface area (Å²) in [6.07, 6.45) is 0. The van der Waals surface area contributed by atoms with Crippen molar-refractivity contribution in [3.8, 4) is 16.8 Å². The van der Waals surface area contributed by atoms with Crippen molar-refractivity contribution in [2.45, 2.75) is 0 Å². The van der Waals surface area contributed by atoms with Crippen molar-refractivity contribution in [3.05, 3.63) is 115 Å². The maximum atomic E-state index is 6.87. The van der Waals surface area contributed by atoms with E-state index in [0.29, 0.717) is 0 Å². The van der Waals surface area contributed by atoms with E-state index in [9.17, 15) is 0 Å². The van der Waals surface area contributed by atoms with Crippen LogP contribution in [0.4, 0.5) is 0 Å². The van der Waals surface area contributed by atoms with Crippen molar-refractivity contribution in [2.75, 3.05) is 0 Å². The van der Waals surface area contributed by atoms with Gasteiger partial charge in [-0.15, -0.1) is 22.7 Å². The third-order valence-electron chi connectivity index (χ3n) is 10.7. The summed E-state index contributed by atoms with van der Waals surface area (Å²) in [5.74, 6) is 0. The van der Waals surface area contributed by atoms with Gasteiger partial charge in [-0.3, -0.25) is 0 Å². The average Bonchev–Trinajstić information content (AvgIpc) is 3.89. The molecule has 13 rings (SSSR count). The fourth-order valence-corrected chi connectivity index (χ4v) is 11.5. The predicted octanol–water partition coefficient (Wildman–Crippen LogP) is 10.2. The Bertz CT molecular complexity index is 3220. The molecule has 0 saturated heterocycles. The SMILES string of the molecule is c1ccc2c(c1)oc1c3c4c(cc12)-n1c2c(cccc2c2sc5ccccc5c21)B4n1c2c-3cccc2c2sc3ccccc3c21. The Balaban J connectivity index is 1.36. The number of nitrogens with zero attached hydrogens (tertiary/aromatic N) is 2. The molecule has 0 aliphatic carbocycles. The fourth-order valence-electron chi connectivity index (χ4n) is 9.03. The molecule has 5 aromatic heterocycles. The van der Waals surface area contributed by atoms with Gasteiger partial charge in [0.2, 0.25) is 0 Å². The highest BCUT2D eigenvalue weighted by molar-refractivity contribution is 7.27. The molecule has 0 unspecified atom stereocenters. The molecule has 3 nitrogen and oxygen atoms in total. The smallest absolute Gasteiger partial charge is 0.333 e. The highest BCUT2D eigenvalue weighted by Crippen LogP contribution is 2.50. The summed E-state index contributed by atoms with van der Waals surface area (Å²) in [5.41, 5.74) is 13.7. The van der Waals surface area contributed by atoms with Crippen LogP contribution in [0.25, 0.3) is 101 Å². The van der Waals surface area contributed by atoms with E-state index in [-0.39, 0.29) is 6.85 Å². The Morgan fingerprint density at radius 3 is 2.02 bits per heavy atom. The minimum absolute atomic E-state index is 0.0157. The molecule has 0 saturated carbocycles. The Labute approximate surface area is 269 Å². The number of benzene rings is 6. The van der Waals surface area contributed by atoms with Gasteiger partial charge in [-0.2, -0.15) is 0 Å². The molecule has 0 spiro atoms. The van der Waals surface area contributed by atoms with Crippen LogP contribution in [0.2, 0.25) is 0 Å². The quantitative estimate of drug-likeness (QED) is 0.155. The molecule has 2 aliphatic rings. The summed E-state index contributed by atoms with van der Waals surface area (Å²) in [6.45, 7) is 0.0157. The Hall–Kier alpha value is -5.30. The first kappa shape index (κ1) is 23.1. The van der Waals surface area contributed by atoms with Crippen LogP contribution < -0.4 is 10.9 Å². The topological polar surface area (TPSA) is 23.0 Å². The molecular formula is C40H19BN2OS2. The molecule has 6 heteroatoms. The van der Waals surface area contributed by atoms with Crippen LogP contribution in [0.15, 0.2) is 120 Å². The van der Waals surface area contributed by atoms with Crippen molar-refractivity contribution in [1.29, 1.82) is 0 Å². The first-order chi connectivity index (χ1) is 22.8. The lowest BCUT2D eigenvalue weighted by Crippen LogP contribution is -2.55. The average molecular weight is 619 g/mol. The van der Waals surface area contributed by atoms with Crippen LogP contribution in [-0.4, -0.2) is 15.9 Å². The number of fused-ring (bicyclic) bond motifs is 18. The Morgan fingerprint density at radius 1 is 0.543 bits per heavy atom. The number of para-hydroxylation sites is 3. The molecule has 11 aromatic rings. The van der Waals surface area contributed by atoms with Gasteiger partial charge in [-0.05, 0) is 35.2 Å². The predicted molar refractivity (Wildman–Crippen MR) is 198 cm³/mol. The zero-order chi connectivity index (χ0) is 29.4. The van der Waals surface area contributed by atoms with Gasteiger partial charge < -0.3 is 13.5 Å². The molecule has 0 amide bonds. The van der Waals surface area contributed by atoms with E-state index < -0.39 is 0 Å². The number of thiophene rings is 2. The molecule has 0 bridgehead atoms. The molecule has 210 valence electrons. The van der Waals surface area contributed by atoms with E-state index in [4.69, 9.17) is 4.42 Å². The first-order valence-electron chi connectivity index (χ1n) is 15.7. The summed E-state index contributed by atoms with van der Waals surface area (Å²) in [7, 11) is 0. The molecule has 0 N–H and O–H groups in total.